The van der Waals surface area contributed by atoms with Gasteiger partial charge in [-0.3, -0.25) is 14.9 Å². The van der Waals surface area contributed by atoms with Crippen molar-refractivity contribution in [3.63, 3.8) is 0 Å². The Labute approximate surface area is 196 Å². The lowest BCUT2D eigenvalue weighted by atomic mass is 9.79. The summed E-state index contributed by atoms with van der Waals surface area (Å²) in [6.07, 6.45) is 0. The second kappa shape index (κ2) is 8.55. The molecule has 2 amide bonds. The molecule has 1 aliphatic rings. The van der Waals surface area contributed by atoms with E-state index < -0.39 is 12.0 Å². The Hall–Kier alpha value is -4.33. The number of rotatable bonds is 5. The SMILES string of the molecule is COc1ccc([C@H]2[C@@H](C(=O)Nc3nc4ccccc4[nH]3)c3ccccc3C(=O)N2C)cc1OC. The Kier molecular flexibility index (Phi) is 5.41. The number of imidazole rings is 1. The van der Waals surface area contributed by atoms with Crippen LogP contribution in [0.4, 0.5) is 5.95 Å². The van der Waals surface area contributed by atoms with E-state index in [4.69, 9.17) is 9.47 Å². The molecule has 0 spiro atoms. The fourth-order valence-corrected chi connectivity index (χ4v) is 4.62. The number of H-pyrrole nitrogens is 1. The van der Waals surface area contributed by atoms with Crippen molar-refractivity contribution < 1.29 is 19.1 Å². The molecular weight excluding hydrogens is 432 g/mol. The lowest BCUT2D eigenvalue weighted by Crippen LogP contribution is -2.44. The predicted molar refractivity (Wildman–Crippen MR) is 128 cm³/mol. The van der Waals surface area contributed by atoms with Crippen LogP contribution in [-0.2, 0) is 4.79 Å². The standard InChI is InChI=1S/C26H24N4O4/c1-30-23(15-12-13-20(33-2)21(14-15)34-3)22(16-8-4-5-9-17(16)25(30)32)24(31)29-26-27-18-10-6-7-11-19(18)28-26/h4-14,22-23H,1-3H3,(H2,27,28,29,31)/t22-,23-/m0/s1. The summed E-state index contributed by atoms with van der Waals surface area (Å²) in [4.78, 5) is 36.2. The van der Waals surface area contributed by atoms with Crippen LogP contribution in [0.25, 0.3) is 11.0 Å². The Balaban J connectivity index is 1.60. The molecule has 0 saturated carbocycles. The van der Waals surface area contributed by atoms with Crippen LogP contribution in [0.5, 0.6) is 11.5 Å². The minimum Gasteiger partial charge on any atom is -0.493 e. The van der Waals surface area contributed by atoms with Crippen LogP contribution in [0.1, 0.15) is 33.4 Å². The van der Waals surface area contributed by atoms with Crippen molar-refractivity contribution >= 4 is 28.8 Å². The molecule has 1 aromatic heterocycles. The number of hydrogen-bond donors (Lipinski definition) is 2. The van der Waals surface area contributed by atoms with E-state index in [2.05, 4.69) is 15.3 Å². The van der Waals surface area contributed by atoms with Gasteiger partial charge in [0, 0.05) is 12.6 Å². The van der Waals surface area contributed by atoms with Gasteiger partial charge >= 0.3 is 0 Å². The van der Waals surface area contributed by atoms with Crippen molar-refractivity contribution in [2.75, 3.05) is 26.6 Å². The number of aromatic amines is 1. The molecule has 0 bridgehead atoms. The molecule has 34 heavy (non-hydrogen) atoms. The van der Waals surface area contributed by atoms with Gasteiger partial charge in [-0.15, -0.1) is 0 Å². The fourth-order valence-electron chi connectivity index (χ4n) is 4.62. The molecule has 0 radical (unpaired) electrons. The van der Waals surface area contributed by atoms with Crippen molar-refractivity contribution in [1.29, 1.82) is 0 Å². The summed E-state index contributed by atoms with van der Waals surface area (Å²) in [6, 6.07) is 19.7. The van der Waals surface area contributed by atoms with E-state index in [-0.39, 0.29) is 11.8 Å². The van der Waals surface area contributed by atoms with Crippen LogP contribution >= 0.6 is 0 Å². The van der Waals surface area contributed by atoms with Crippen molar-refractivity contribution in [1.82, 2.24) is 14.9 Å². The van der Waals surface area contributed by atoms with E-state index in [1.807, 2.05) is 48.5 Å². The first-order valence-corrected chi connectivity index (χ1v) is 10.9. The quantitative estimate of drug-likeness (QED) is 0.471. The molecule has 0 aliphatic carbocycles. The molecule has 5 rings (SSSR count). The molecule has 2 heterocycles. The highest BCUT2D eigenvalue weighted by Gasteiger charge is 2.43. The largest absolute Gasteiger partial charge is 0.493 e. The third-order valence-corrected chi connectivity index (χ3v) is 6.24. The molecule has 0 saturated heterocycles. The minimum absolute atomic E-state index is 0.150. The highest BCUT2D eigenvalue weighted by atomic mass is 16.5. The van der Waals surface area contributed by atoms with Gasteiger partial charge in [-0.2, -0.15) is 0 Å². The summed E-state index contributed by atoms with van der Waals surface area (Å²) in [5, 5.41) is 2.93. The Bertz CT molecular complexity index is 1360. The van der Waals surface area contributed by atoms with E-state index in [9.17, 15) is 9.59 Å². The smallest absolute Gasteiger partial charge is 0.254 e. The number of fused-ring (bicyclic) bond motifs is 2. The molecule has 4 aromatic rings. The van der Waals surface area contributed by atoms with Gasteiger partial charge in [0.1, 0.15) is 0 Å². The summed E-state index contributed by atoms with van der Waals surface area (Å²) < 4.78 is 10.8. The van der Waals surface area contributed by atoms with Crippen LogP contribution in [0.15, 0.2) is 66.7 Å². The maximum Gasteiger partial charge on any atom is 0.254 e. The maximum absolute atomic E-state index is 13.8. The fraction of sp³-hybridized carbons (Fsp3) is 0.192. The van der Waals surface area contributed by atoms with Gasteiger partial charge < -0.3 is 19.4 Å². The Morgan fingerprint density at radius 1 is 1.00 bits per heavy atom. The van der Waals surface area contributed by atoms with Gasteiger partial charge in [-0.1, -0.05) is 36.4 Å². The summed E-state index contributed by atoms with van der Waals surface area (Å²) in [5.41, 5.74) is 3.51. The van der Waals surface area contributed by atoms with Gasteiger partial charge in [0.2, 0.25) is 11.9 Å². The second-order valence-corrected chi connectivity index (χ2v) is 8.13. The summed E-state index contributed by atoms with van der Waals surface area (Å²) >= 11 is 0. The Morgan fingerprint density at radius 2 is 1.74 bits per heavy atom. The van der Waals surface area contributed by atoms with Crippen molar-refractivity contribution in [3.05, 3.63) is 83.4 Å². The maximum atomic E-state index is 13.8. The number of likely N-dealkylation sites (N-methyl/N-ethyl adjacent to an activating group) is 1. The summed E-state index contributed by atoms with van der Waals surface area (Å²) in [5.74, 6) is 0.351. The number of ether oxygens (including phenoxy) is 2. The van der Waals surface area contributed by atoms with Crippen LogP contribution < -0.4 is 14.8 Å². The molecule has 0 unspecified atom stereocenters. The highest BCUT2D eigenvalue weighted by molar-refractivity contribution is 6.04. The lowest BCUT2D eigenvalue weighted by molar-refractivity contribution is -0.119. The third-order valence-electron chi connectivity index (χ3n) is 6.24. The molecular formula is C26H24N4O4. The first kappa shape index (κ1) is 21.5. The minimum atomic E-state index is -0.676. The number of benzene rings is 3. The van der Waals surface area contributed by atoms with Crippen LogP contribution in [-0.4, -0.2) is 47.9 Å². The second-order valence-electron chi connectivity index (χ2n) is 8.13. The zero-order valence-electron chi connectivity index (χ0n) is 19.0. The first-order valence-electron chi connectivity index (χ1n) is 10.9. The average Bonchev–Trinajstić information content (AvgIpc) is 3.27. The van der Waals surface area contributed by atoms with Crippen molar-refractivity contribution in [3.8, 4) is 11.5 Å². The topological polar surface area (TPSA) is 96.5 Å². The average molecular weight is 457 g/mol. The highest BCUT2D eigenvalue weighted by Crippen LogP contribution is 2.44. The number of amides is 2. The molecule has 8 nitrogen and oxygen atoms in total. The molecule has 8 heteroatoms. The van der Waals surface area contributed by atoms with Crippen LogP contribution in [0.3, 0.4) is 0 Å². The third kappa shape index (κ3) is 3.53. The van der Waals surface area contributed by atoms with Crippen LogP contribution in [0, 0.1) is 0 Å². The number of hydrogen-bond acceptors (Lipinski definition) is 5. The predicted octanol–water partition coefficient (Wildman–Crippen LogP) is 4.13. The van der Waals surface area contributed by atoms with Gasteiger partial charge in [-0.05, 0) is 41.5 Å². The van der Waals surface area contributed by atoms with Crippen molar-refractivity contribution in [2.45, 2.75) is 12.0 Å². The van der Waals surface area contributed by atoms with Gasteiger partial charge in [-0.25, -0.2) is 4.98 Å². The molecule has 2 N–H and O–H groups in total. The van der Waals surface area contributed by atoms with Gasteiger partial charge in [0.05, 0.1) is 37.2 Å². The van der Waals surface area contributed by atoms with Crippen LogP contribution in [0.2, 0.25) is 0 Å². The number of carbonyl (C=O) groups excluding carboxylic acids is 2. The number of aromatic nitrogens is 2. The van der Waals surface area contributed by atoms with Gasteiger partial charge in [0.25, 0.3) is 5.91 Å². The number of para-hydroxylation sites is 2. The number of carbonyl (C=O) groups is 2. The number of nitrogens with one attached hydrogen (secondary N) is 2. The number of nitrogens with zero attached hydrogens (tertiary/aromatic N) is 2. The summed E-state index contributed by atoms with van der Waals surface area (Å²) in [7, 11) is 4.83. The zero-order chi connectivity index (χ0) is 23.8. The molecule has 0 fully saturated rings. The lowest BCUT2D eigenvalue weighted by Gasteiger charge is -2.39. The van der Waals surface area contributed by atoms with E-state index in [1.54, 1.807) is 44.4 Å². The van der Waals surface area contributed by atoms with E-state index >= 15 is 0 Å². The number of methoxy groups -OCH3 is 2. The number of anilines is 1. The molecule has 172 valence electrons. The van der Waals surface area contributed by atoms with E-state index in [0.29, 0.717) is 28.6 Å². The van der Waals surface area contributed by atoms with Gasteiger partial charge in [0.15, 0.2) is 11.5 Å². The van der Waals surface area contributed by atoms with E-state index in [0.717, 1.165) is 16.6 Å². The van der Waals surface area contributed by atoms with E-state index in [1.165, 1.54) is 0 Å². The van der Waals surface area contributed by atoms with Crippen molar-refractivity contribution in [2.24, 2.45) is 0 Å². The zero-order valence-corrected chi connectivity index (χ0v) is 19.0. The Morgan fingerprint density at radius 3 is 2.50 bits per heavy atom. The molecule has 1 aliphatic heterocycles. The monoisotopic (exact) mass is 456 g/mol. The normalized spacial score (nSPS) is 17.4. The molecule has 2 atom stereocenters. The first-order chi connectivity index (χ1) is 16.5. The molecule has 3 aromatic carbocycles. The summed E-state index contributed by atoms with van der Waals surface area (Å²) in [6.45, 7) is 0.